The zero-order valence-electron chi connectivity index (χ0n) is 12.0. The van der Waals surface area contributed by atoms with Gasteiger partial charge in [0.1, 0.15) is 6.04 Å². The van der Waals surface area contributed by atoms with Gasteiger partial charge in [0.2, 0.25) is 5.91 Å². The van der Waals surface area contributed by atoms with Gasteiger partial charge in [-0.05, 0) is 38.6 Å². The number of hydrogen-bond donors (Lipinski definition) is 1. The van der Waals surface area contributed by atoms with Crippen LogP contribution in [0, 0.1) is 5.92 Å². The molecule has 1 aliphatic carbocycles. The smallest absolute Gasteiger partial charge is 0.241 e. The summed E-state index contributed by atoms with van der Waals surface area (Å²) in [6, 6.07) is 0.493. The third-order valence-corrected chi connectivity index (χ3v) is 4.68. The highest BCUT2D eigenvalue weighted by atomic mass is 16.2. The van der Waals surface area contributed by atoms with E-state index in [0.717, 1.165) is 25.6 Å². The second-order valence-electron chi connectivity index (χ2n) is 6.06. The van der Waals surface area contributed by atoms with Crippen molar-refractivity contribution in [1.29, 1.82) is 0 Å². The van der Waals surface area contributed by atoms with Crippen LogP contribution in [0.1, 0.15) is 32.6 Å². The molecule has 2 fully saturated rings. The van der Waals surface area contributed by atoms with Gasteiger partial charge in [-0.2, -0.15) is 0 Å². The second kappa shape index (κ2) is 6.02. The van der Waals surface area contributed by atoms with Gasteiger partial charge in [-0.15, -0.1) is 0 Å². The van der Waals surface area contributed by atoms with Crippen LogP contribution >= 0.6 is 0 Å². The molecule has 0 radical (unpaired) electrons. The summed E-state index contributed by atoms with van der Waals surface area (Å²) in [6.07, 6.45) is 4.88. The van der Waals surface area contributed by atoms with Crippen molar-refractivity contribution in [3.05, 3.63) is 0 Å². The molecule has 1 aliphatic heterocycles. The van der Waals surface area contributed by atoms with E-state index in [1.807, 2.05) is 11.9 Å². The first-order valence-corrected chi connectivity index (χ1v) is 7.27. The van der Waals surface area contributed by atoms with Crippen molar-refractivity contribution in [3.8, 4) is 0 Å². The van der Waals surface area contributed by atoms with Gasteiger partial charge in [0.05, 0.1) is 0 Å². The Balaban J connectivity index is 1.91. The summed E-state index contributed by atoms with van der Waals surface area (Å²) in [5, 5.41) is 3.32. The minimum absolute atomic E-state index is 0.0306. The van der Waals surface area contributed by atoms with Crippen LogP contribution in [0.3, 0.4) is 0 Å². The second-order valence-corrected chi connectivity index (χ2v) is 6.06. The maximum atomic E-state index is 12.5. The Bertz CT molecular complexity index is 287. The predicted octanol–water partition coefficient (Wildman–Crippen LogP) is 0.927. The van der Waals surface area contributed by atoms with E-state index in [0.29, 0.717) is 11.9 Å². The first kappa shape index (κ1) is 13.8. The molecule has 0 aromatic rings. The molecule has 2 rings (SSSR count). The number of likely N-dealkylation sites (N-methyl/N-ethyl adjacent to an activating group) is 2. The zero-order chi connectivity index (χ0) is 13.1. The first-order chi connectivity index (χ1) is 8.59. The van der Waals surface area contributed by atoms with Crippen LogP contribution in [0.25, 0.3) is 0 Å². The third kappa shape index (κ3) is 3.04. The molecule has 1 saturated carbocycles. The molecule has 1 saturated heterocycles. The molecular formula is C14H27N3O. The average Bonchev–Trinajstić information content (AvgIpc) is 2.38. The minimum Gasteiger partial charge on any atom is -0.341 e. The van der Waals surface area contributed by atoms with Gasteiger partial charge in [-0.1, -0.05) is 6.92 Å². The molecule has 0 spiro atoms. The van der Waals surface area contributed by atoms with Crippen LogP contribution in [0.5, 0.6) is 0 Å². The maximum Gasteiger partial charge on any atom is 0.241 e. The number of hydrogen-bond acceptors (Lipinski definition) is 3. The summed E-state index contributed by atoms with van der Waals surface area (Å²) in [5.74, 6) is 1.13. The molecule has 18 heavy (non-hydrogen) atoms. The fraction of sp³-hybridized carbons (Fsp3) is 0.929. The predicted molar refractivity (Wildman–Crippen MR) is 73.5 cm³/mol. The quantitative estimate of drug-likeness (QED) is 0.795. The molecule has 1 heterocycles. The molecule has 1 atom stereocenters. The lowest BCUT2D eigenvalue weighted by Crippen LogP contribution is -2.58. The van der Waals surface area contributed by atoms with E-state index in [1.54, 1.807) is 0 Å². The molecule has 0 aromatic heterocycles. The lowest BCUT2D eigenvalue weighted by molar-refractivity contribution is -0.138. The highest BCUT2D eigenvalue weighted by Gasteiger charge is 2.32. The SMILES string of the molecule is CC1CCC(N(C)C(=O)[C@@H]2CNCCN2C)CC1. The van der Waals surface area contributed by atoms with Gasteiger partial charge in [-0.3, -0.25) is 9.69 Å². The van der Waals surface area contributed by atoms with E-state index in [1.165, 1.54) is 25.7 Å². The van der Waals surface area contributed by atoms with Crippen molar-refractivity contribution < 1.29 is 4.79 Å². The van der Waals surface area contributed by atoms with E-state index in [9.17, 15) is 4.79 Å². The molecule has 0 bridgehead atoms. The summed E-state index contributed by atoms with van der Waals surface area (Å²) >= 11 is 0. The van der Waals surface area contributed by atoms with E-state index in [2.05, 4.69) is 24.2 Å². The molecule has 0 unspecified atom stereocenters. The Morgan fingerprint density at radius 1 is 1.28 bits per heavy atom. The number of rotatable bonds is 2. The third-order valence-electron chi connectivity index (χ3n) is 4.68. The molecular weight excluding hydrogens is 226 g/mol. The molecule has 104 valence electrons. The topological polar surface area (TPSA) is 35.6 Å². The molecule has 1 amide bonds. The average molecular weight is 253 g/mol. The van der Waals surface area contributed by atoms with Gasteiger partial charge in [-0.25, -0.2) is 0 Å². The number of nitrogens with zero attached hydrogens (tertiary/aromatic N) is 2. The summed E-state index contributed by atoms with van der Waals surface area (Å²) in [4.78, 5) is 16.7. The van der Waals surface area contributed by atoms with Crippen LogP contribution in [0.4, 0.5) is 0 Å². The summed E-state index contributed by atoms with van der Waals surface area (Å²) in [7, 11) is 4.05. The number of piperazine rings is 1. The molecule has 2 aliphatic rings. The van der Waals surface area contributed by atoms with E-state index >= 15 is 0 Å². The van der Waals surface area contributed by atoms with Gasteiger partial charge in [0.15, 0.2) is 0 Å². The Labute approximate surface area is 111 Å². The van der Waals surface area contributed by atoms with Gasteiger partial charge >= 0.3 is 0 Å². The van der Waals surface area contributed by atoms with Crippen molar-refractivity contribution in [2.75, 3.05) is 33.7 Å². The largest absolute Gasteiger partial charge is 0.341 e. The van der Waals surface area contributed by atoms with Crippen molar-refractivity contribution in [2.45, 2.75) is 44.7 Å². The Morgan fingerprint density at radius 2 is 1.94 bits per heavy atom. The van der Waals surface area contributed by atoms with E-state index in [-0.39, 0.29) is 6.04 Å². The van der Waals surface area contributed by atoms with Crippen molar-refractivity contribution in [1.82, 2.24) is 15.1 Å². The highest BCUT2D eigenvalue weighted by Crippen LogP contribution is 2.27. The van der Waals surface area contributed by atoms with Crippen molar-refractivity contribution >= 4 is 5.91 Å². The monoisotopic (exact) mass is 253 g/mol. The number of amides is 1. The number of nitrogens with one attached hydrogen (secondary N) is 1. The summed E-state index contributed by atoms with van der Waals surface area (Å²) in [5.41, 5.74) is 0. The van der Waals surface area contributed by atoms with Crippen LogP contribution in [0.15, 0.2) is 0 Å². The zero-order valence-corrected chi connectivity index (χ0v) is 12.0. The molecule has 4 heteroatoms. The Kier molecular flexibility index (Phi) is 4.62. The fourth-order valence-electron chi connectivity index (χ4n) is 3.13. The van der Waals surface area contributed by atoms with Gasteiger partial charge < -0.3 is 10.2 Å². The van der Waals surface area contributed by atoms with Crippen LogP contribution in [-0.2, 0) is 4.79 Å². The van der Waals surface area contributed by atoms with Crippen LogP contribution < -0.4 is 5.32 Å². The van der Waals surface area contributed by atoms with Gasteiger partial charge in [0, 0.05) is 32.7 Å². The molecule has 0 aromatic carbocycles. The van der Waals surface area contributed by atoms with Crippen molar-refractivity contribution in [3.63, 3.8) is 0 Å². The lowest BCUT2D eigenvalue weighted by Gasteiger charge is -2.39. The minimum atomic E-state index is 0.0306. The lowest BCUT2D eigenvalue weighted by atomic mass is 9.86. The molecule has 4 nitrogen and oxygen atoms in total. The summed E-state index contributed by atoms with van der Waals surface area (Å²) in [6.45, 7) is 5.07. The highest BCUT2D eigenvalue weighted by molar-refractivity contribution is 5.82. The number of carbonyl (C=O) groups is 1. The van der Waals surface area contributed by atoms with E-state index < -0.39 is 0 Å². The van der Waals surface area contributed by atoms with Gasteiger partial charge in [0.25, 0.3) is 0 Å². The number of carbonyl (C=O) groups excluding carboxylic acids is 1. The van der Waals surface area contributed by atoms with Crippen LogP contribution in [0.2, 0.25) is 0 Å². The standard InChI is InChI=1S/C14H27N3O/c1-11-4-6-12(7-5-11)17(3)14(18)13-10-15-8-9-16(13)2/h11-13,15H,4-10H2,1-3H3/t11?,12?,13-/m0/s1. The normalized spacial score (nSPS) is 34.3. The Hall–Kier alpha value is -0.610. The fourth-order valence-corrected chi connectivity index (χ4v) is 3.13. The Morgan fingerprint density at radius 3 is 2.56 bits per heavy atom. The van der Waals surface area contributed by atoms with E-state index in [4.69, 9.17) is 0 Å². The maximum absolute atomic E-state index is 12.5. The van der Waals surface area contributed by atoms with Crippen LogP contribution in [-0.4, -0.2) is 61.5 Å². The first-order valence-electron chi connectivity index (χ1n) is 7.27. The molecule has 1 N–H and O–H groups in total. The summed E-state index contributed by atoms with van der Waals surface area (Å²) < 4.78 is 0. The van der Waals surface area contributed by atoms with Crippen molar-refractivity contribution in [2.24, 2.45) is 5.92 Å².